The zero-order chi connectivity index (χ0) is 11.6. The van der Waals surface area contributed by atoms with E-state index in [2.05, 4.69) is 5.32 Å². The predicted octanol–water partition coefficient (Wildman–Crippen LogP) is 2.22. The van der Waals surface area contributed by atoms with Gasteiger partial charge in [0.2, 0.25) is 0 Å². The Bertz CT molecular complexity index is 343. The average Bonchev–Trinajstić information content (AvgIpc) is 2.23. The fourth-order valence-electron chi connectivity index (χ4n) is 2.60. The highest BCUT2D eigenvalue weighted by atomic mass is 19.1. The zero-order valence-corrected chi connectivity index (χ0v) is 9.67. The van der Waals surface area contributed by atoms with Gasteiger partial charge in [-0.2, -0.15) is 0 Å². The molecule has 16 heavy (non-hydrogen) atoms. The van der Waals surface area contributed by atoms with Crippen LogP contribution in [0.2, 0.25) is 0 Å². The minimum atomic E-state index is -0.202. The van der Waals surface area contributed by atoms with Crippen LogP contribution in [0.1, 0.15) is 30.9 Å². The first kappa shape index (κ1) is 11.6. The summed E-state index contributed by atoms with van der Waals surface area (Å²) in [5.74, 6) is -0.202. The highest BCUT2D eigenvalue weighted by Crippen LogP contribution is 2.48. The number of nitrogens with two attached hydrogens (primary N) is 1. The van der Waals surface area contributed by atoms with Gasteiger partial charge in [0.05, 0.1) is 0 Å². The molecule has 2 rings (SSSR count). The second kappa shape index (κ2) is 4.52. The molecule has 0 bridgehead atoms. The summed E-state index contributed by atoms with van der Waals surface area (Å²) in [5.41, 5.74) is 7.52. The smallest absolute Gasteiger partial charge is 0.123 e. The van der Waals surface area contributed by atoms with E-state index in [1.54, 1.807) is 12.1 Å². The lowest BCUT2D eigenvalue weighted by Crippen LogP contribution is -2.46. The van der Waals surface area contributed by atoms with Crippen molar-refractivity contribution in [1.29, 1.82) is 0 Å². The van der Waals surface area contributed by atoms with Crippen molar-refractivity contribution < 1.29 is 4.39 Å². The van der Waals surface area contributed by atoms with Gasteiger partial charge < -0.3 is 11.1 Å². The predicted molar refractivity (Wildman–Crippen MR) is 63.5 cm³/mol. The van der Waals surface area contributed by atoms with E-state index >= 15 is 0 Å². The molecule has 1 aromatic carbocycles. The highest BCUT2D eigenvalue weighted by molar-refractivity contribution is 5.23. The first-order valence-corrected chi connectivity index (χ1v) is 5.84. The average molecular weight is 222 g/mol. The van der Waals surface area contributed by atoms with Gasteiger partial charge in [0.1, 0.15) is 5.82 Å². The molecular formula is C13H19FN2. The van der Waals surface area contributed by atoms with Crippen LogP contribution in [0.15, 0.2) is 24.3 Å². The third-order valence-corrected chi connectivity index (χ3v) is 3.77. The minimum absolute atomic E-state index is 0.00861. The summed E-state index contributed by atoms with van der Waals surface area (Å²) in [7, 11) is 1.96. The highest BCUT2D eigenvalue weighted by Gasteiger charge is 2.42. The molecule has 0 aromatic heterocycles. The summed E-state index contributed by atoms with van der Waals surface area (Å²) in [6.45, 7) is 0.936. The molecule has 0 amide bonds. The molecule has 1 atom stereocenters. The molecule has 0 saturated heterocycles. The lowest BCUT2D eigenvalue weighted by molar-refractivity contribution is 0.0947. The lowest BCUT2D eigenvalue weighted by Gasteiger charge is -2.46. The van der Waals surface area contributed by atoms with Crippen LogP contribution in [0.25, 0.3) is 0 Å². The number of nitrogens with one attached hydrogen (secondary N) is 1. The van der Waals surface area contributed by atoms with Crippen molar-refractivity contribution in [2.45, 2.75) is 25.3 Å². The molecule has 3 N–H and O–H groups in total. The fraction of sp³-hybridized carbons (Fsp3) is 0.538. The quantitative estimate of drug-likeness (QED) is 0.819. The first-order valence-electron chi connectivity index (χ1n) is 5.84. The van der Waals surface area contributed by atoms with E-state index in [1.807, 2.05) is 7.05 Å². The van der Waals surface area contributed by atoms with Crippen LogP contribution >= 0.6 is 0 Å². The molecule has 1 aliphatic rings. The summed E-state index contributed by atoms with van der Waals surface area (Å²) in [6.07, 6.45) is 3.56. The standard InChI is InChI=1S/C13H19FN2/c1-16-9-13(7-2-8-13)12(15)10-3-5-11(14)6-4-10/h3-6,12,16H,2,7-9,15H2,1H3. The van der Waals surface area contributed by atoms with Crippen LogP contribution in [0.3, 0.4) is 0 Å². The zero-order valence-electron chi connectivity index (χ0n) is 9.67. The molecule has 88 valence electrons. The van der Waals surface area contributed by atoms with E-state index in [1.165, 1.54) is 18.6 Å². The number of hydrogen-bond donors (Lipinski definition) is 2. The van der Waals surface area contributed by atoms with E-state index in [4.69, 9.17) is 5.73 Å². The van der Waals surface area contributed by atoms with Gasteiger partial charge in [-0.15, -0.1) is 0 Å². The van der Waals surface area contributed by atoms with Crippen LogP contribution < -0.4 is 11.1 Å². The van der Waals surface area contributed by atoms with Crippen molar-refractivity contribution in [3.63, 3.8) is 0 Å². The van der Waals surface area contributed by atoms with Crippen molar-refractivity contribution in [2.24, 2.45) is 11.1 Å². The van der Waals surface area contributed by atoms with Crippen LogP contribution in [-0.4, -0.2) is 13.6 Å². The Hall–Kier alpha value is -0.930. The summed E-state index contributed by atoms with van der Waals surface area (Å²) >= 11 is 0. The second-order valence-corrected chi connectivity index (χ2v) is 4.78. The Morgan fingerprint density at radius 2 is 2.00 bits per heavy atom. The Labute approximate surface area is 96.0 Å². The van der Waals surface area contributed by atoms with E-state index in [0.29, 0.717) is 0 Å². The molecule has 1 unspecified atom stereocenters. The van der Waals surface area contributed by atoms with Crippen molar-refractivity contribution in [3.05, 3.63) is 35.6 Å². The maximum atomic E-state index is 12.8. The van der Waals surface area contributed by atoms with Crippen LogP contribution in [0.5, 0.6) is 0 Å². The molecule has 1 fully saturated rings. The van der Waals surface area contributed by atoms with Gasteiger partial charge in [-0.25, -0.2) is 4.39 Å². The third kappa shape index (κ3) is 1.97. The van der Waals surface area contributed by atoms with E-state index < -0.39 is 0 Å². The lowest BCUT2D eigenvalue weighted by atomic mass is 9.62. The van der Waals surface area contributed by atoms with Crippen molar-refractivity contribution in [3.8, 4) is 0 Å². The summed E-state index contributed by atoms with van der Waals surface area (Å²) in [5, 5.41) is 3.22. The van der Waals surface area contributed by atoms with E-state index in [0.717, 1.165) is 24.9 Å². The van der Waals surface area contributed by atoms with E-state index in [-0.39, 0.29) is 17.3 Å². The molecule has 0 spiro atoms. The summed E-state index contributed by atoms with van der Waals surface area (Å²) < 4.78 is 12.8. The number of hydrogen-bond acceptors (Lipinski definition) is 2. The van der Waals surface area contributed by atoms with E-state index in [9.17, 15) is 4.39 Å². The number of rotatable bonds is 4. The summed E-state index contributed by atoms with van der Waals surface area (Å²) in [6, 6.07) is 6.59. The van der Waals surface area contributed by atoms with Crippen molar-refractivity contribution in [2.75, 3.05) is 13.6 Å². The summed E-state index contributed by atoms with van der Waals surface area (Å²) in [4.78, 5) is 0. The monoisotopic (exact) mass is 222 g/mol. The van der Waals surface area contributed by atoms with Gasteiger partial charge in [0.25, 0.3) is 0 Å². The number of benzene rings is 1. The second-order valence-electron chi connectivity index (χ2n) is 4.78. The SMILES string of the molecule is CNCC1(C(N)c2ccc(F)cc2)CCC1. The molecule has 1 aromatic rings. The van der Waals surface area contributed by atoms with Crippen LogP contribution in [-0.2, 0) is 0 Å². The molecule has 1 aliphatic carbocycles. The third-order valence-electron chi connectivity index (χ3n) is 3.77. The maximum Gasteiger partial charge on any atom is 0.123 e. The molecule has 3 heteroatoms. The van der Waals surface area contributed by atoms with Gasteiger partial charge in [-0.05, 0) is 37.6 Å². The normalized spacial score (nSPS) is 20.2. The number of halogens is 1. The Morgan fingerprint density at radius 3 is 2.44 bits per heavy atom. The fourth-order valence-corrected chi connectivity index (χ4v) is 2.60. The van der Waals surface area contributed by atoms with Crippen molar-refractivity contribution in [1.82, 2.24) is 5.32 Å². The topological polar surface area (TPSA) is 38.0 Å². The molecule has 1 saturated carbocycles. The van der Waals surface area contributed by atoms with Gasteiger partial charge in [0, 0.05) is 18.0 Å². The first-order chi connectivity index (χ1) is 7.68. The molecule has 0 aliphatic heterocycles. The molecule has 0 radical (unpaired) electrons. The Kier molecular flexibility index (Phi) is 3.26. The van der Waals surface area contributed by atoms with Crippen LogP contribution in [0.4, 0.5) is 4.39 Å². The van der Waals surface area contributed by atoms with Gasteiger partial charge >= 0.3 is 0 Å². The van der Waals surface area contributed by atoms with Crippen molar-refractivity contribution >= 4 is 0 Å². The Morgan fingerprint density at radius 1 is 1.38 bits per heavy atom. The molecular weight excluding hydrogens is 203 g/mol. The molecule has 2 nitrogen and oxygen atoms in total. The molecule has 0 heterocycles. The largest absolute Gasteiger partial charge is 0.323 e. The minimum Gasteiger partial charge on any atom is -0.323 e. The Balaban J connectivity index is 2.16. The van der Waals surface area contributed by atoms with Crippen LogP contribution in [0, 0.1) is 11.2 Å². The van der Waals surface area contributed by atoms with Gasteiger partial charge in [0.15, 0.2) is 0 Å². The van der Waals surface area contributed by atoms with Gasteiger partial charge in [-0.3, -0.25) is 0 Å². The maximum absolute atomic E-state index is 12.8. The van der Waals surface area contributed by atoms with Gasteiger partial charge in [-0.1, -0.05) is 18.6 Å².